The number of fused-ring (bicyclic) bond motifs is 2. The summed E-state index contributed by atoms with van der Waals surface area (Å²) in [6.45, 7) is 3.94. The van der Waals surface area contributed by atoms with E-state index in [0.717, 1.165) is 44.7 Å². The molecule has 5 nitrogen and oxygen atoms in total. The number of aromatic nitrogens is 2. The van der Waals surface area contributed by atoms with Crippen LogP contribution in [0.3, 0.4) is 0 Å². The van der Waals surface area contributed by atoms with Crippen LogP contribution in [0.25, 0.3) is 21.8 Å². The monoisotopic (exact) mass is 386 g/mol. The van der Waals surface area contributed by atoms with Gasteiger partial charge in [0.2, 0.25) is 0 Å². The predicted octanol–water partition coefficient (Wildman–Crippen LogP) is 3.94. The molecule has 0 atom stereocenters. The molecule has 2 heterocycles. The minimum atomic E-state index is -0.682. The Morgan fingerprint density at radius 1 is 0.630 bits per heavy atom. The Kier molecular flexibility index (Phi) is 5.59. The van der Waals surface area contributed by atoms with Crippen molar-refractivity contribution in [1.29, 1.82) is 0 Å². The normalized spacial score (nSPS) is 11.0. The van der Waals surface area contributed by atoms with Crippen molar-refractivity contribution in [2.75, 3.05) is 0 Å². The van der Waals surface area contributed by atoms with Gasteiger partial charge in [0.05, 0.1) is 11.5 Å². The number of hydrogen-bond acceptors (Lipinski definition) is 5. The van der Waals surface area contributed by atoms with Gasteiger partial charge in [-0.15, -0.1) is 0 Å². The number of aryl methyl sites for hydroxylation is 2. The fourth-order valence-electron chi connectivity index (χ4n) is 2.81. The van der Waals surface area contributed by atoms with E-state index in [9.17, 15) is 0 Å². The van der Waals surface area contributed by atoms with E-state index >= 15 is 0 Å². The van der Waals surface area contributed by atoms with E-state index < -0.39 is 31.8 Å². The van der Waals surface area contributed by atoms with Gasteiger partial charge in [-0.3, -0.25) is 0 Å². The van der Waals surface area contributed by atoms with Crippen molar-refractivity contribution in [3.63, 3.8) is 0 Å². The van der Waals surface area contributed by atoms with Crippen LogP contribution >= 0.6 is 0 Å². The lowest BCUT2D eigenvalue weighted by atomic mass is 10.2. The molecule has 0 saturated heterocycles. The summed E-state index contributed by atoms with van der Waals surface area (Å²) >= 11 is -1.36. The first kappa shape index (κ1) is 18.3. The summed E-state index contributed by atoms with van der Waals surface area (Å²) in [6.07, 6.45) is 0. The lowest BCUT2D eigenvalue weighted by molar-refractivity contribution is 0.420. The summed E-state index contributed by atoms with van der Waals surface area (Å²) in [5, 5.41) is 2.11. The molecule has 132 valence electrons. The smallest absolute Gasteiger partial charge is 0.175 e. The lowest BCUT2D eigenvalue weighted by Gasteiger charge is -2.35. The average molecular weight is 386 g/mol. The van der Waals surface area contributed by atoms with Crippen LogP contribution in [0.5, 0.6) is 11.5 Å². The minimum absolute atomic E-state index is 0.682. The van der Waals surface area contributed by atoms with Crippen molar-refractivity contribution in [2.45, 2.75) is 13.8 Å². The topological polar surface area (TPSA) is 53.5 Å². The van der Waals surface area contributed by atoms with Gasteiger partial charge in [0, 0.05) is 22.2 Å². The molecule has 0 aliphatic carbocycles. The molecule has 4 aromatic rings. The Morgan fingerprint density at radius 2 is 1.11 bits per heavy atom. The molecular weight excluding hydrogens is 370 g/mol. The molecule has 0 amide bonds. The van der Waals surface area contributed by atoms with Crippen molar-refractivity contribution in [3.05, 3.63) is 72.1 Å². The second-order valence-corrected chi connectivity index (χ2v) is 8.07. The number of hydrogen-bond donors (Lipinski definition) is 0. The lowest BCUT2D eigenvalue weighted by Crippen LogP contribution is -2.16. The van der Waals surface area contributed by atoms with Crippen molar-refractivity contribution in [1.82, 2.24) is 9.97 Å². The summed E-state index contributed by atoms with van der Waals surface area (Å²) in [5.41, 5.74) is 3.64. The van der Waals surface area contributed by atoms with Gasteiger partial charge < -0.3 is 10.4 Å². The molecule has 4 rings (SSSR count). The Bertz CT molecular complexity index is 1020. The van der Waals surface area contributed by atoms with Gasteiger partial charge in [0.25, 0.3) is 0 Å². The van der Waals surface area contributed by atoms with Crippen molar-refractivity contribution in [3.8, 4) is 11.5 Å². The van der Waals surface area contributed by atoms with Gasteiger partial charge in [-0.25, -0.2) is 9.97 Å². The van der Waals surface area contributed by atoms with Gasteiger partial charge in [-0.05, 0) is 38.1 Å². The Labute approximate surface area is 171 Å². The number of pyridine rings is 2. The summed E-state index contributed by atoms with van der Waals surface area (Å²) in [4.78, 5) is 9.13. The van der Waals surface area contributed by atoms with Crippen LogP contribution in [0.1, 0.15) is 11.4 Å². The number of nitrogens with zero attached hydrogens (tertiary/aromatic N) is 2. The molecule has 7 heteroatoms. The molecule has 0 aliphatic rings. The van der Waals surface area contributed by atoms with E-state index in [0.29, 0.717) is 0 Å². The fraction of sp³-hybridized carbons (Fsp3) is 0.100. The number of para-hydroxylation sites is 2. The van der Waals surface area contributed by atoms with Gasteiger partial charge >= 0.3 is 0 Å². The number of benzene rings is 2. The first-order chi connectivity index (χ1) is 13.2. The van der Waals surface area contributed by atoms with Crippen molar-refractivity contribution >= 4 is 53.6 Å². The largest absolute Gasteiger partial charge is 0.981 e. The van der Waals surface area contributed by atoms with Crippen LogP contribution in [0.4, 0.5) is 0 Å². The van der Waals surface area contributed by atoms with Crippen LogP contribution in [-0.2, 0) is 2.84 Å². The van der Waals surface area contributed by atoms with Crippen LogP contribution in [0, 0.1) is 13.8 Å². The molecule has 0 unspecified atom stereocenters. The number of rotatable bonds is 6. The van der Waals surface area contributed by atoms with E-state index in [-0.39, 0.29) is 0 Å². The Balaban J connectivity index is 1.38. The Hall–Kier alpha value is -2.12. The first-order valence-corrected chi connectivity index (χ1v) is 10.4. The van der Waals surface area contributed by atoms with Crippen LogP contribution in [0.15, 0.2) is 60.7 Å². The van der Waals surface area contributed by atoms with Gasteiger partial charge in [0.15, 0.2) is 31.8 Å². The van der Waals surface area contributed by atoms with E-state index in [4.69, 9.17) is 10.4 Å². The van der Waals surface area contributed by atoms with Gasteiger partial charge in [0.1, 0.15) is 11.0 Å². The molecule has 0 fully saturated rings. The molecule has 0 aliphatic heterocycles. The first-order valence-electron chi connectivity index (χ1n) is 8.55. The SMILES string of the molecule is Cc1ccc2cccc([O][Al-][O][Al-][O]c3cccc4ccc(C)nc34)c2n1. The highest BCUT2D eigenvalue weighted by Crippen LogP contribution is 2.25. The van der Waals surface area contributed by atoms with Crippen LogP contribution in [0.2, 0.25) is 0 Å². The van der Waals surface area contributed by atoms with E-state index in [1.54, 1.807) is 0 Å². The zero-order chi connectivity index (χ0) is 18.6. The zero-order valence-corrected chi connectivity index (χ0v) is 17.4. The maximum absolute atomic E-state index is 5.84. The summed E-state index contributed by atoms with van der Waals surface area (Å²) < 4.78 is 17.4. The second-order valence-electron chi connectivity index (χ2n) is 6.13. The van der Waals surface area contributed by atoms with Crippen LogP contribution < -0.4 is 7.58 Å². The Morgan fingerprint density at radius 3 is 1.59 bits per heavy atom. The molecule has 0 bridgehead atoms. The maximum atomic E-state index is 5.84. The van der Waals surface area contributed by atoms with Crippen LogP contribution in [-0.4, -0.2) is 41.7 Å². The third-order valence-electron chi connectivity index (χ3n) is 4.11. The third-order valence-corrected chi connectivity index (χ3v) is 5.70. The minimum Gasteiger partial charge on any atom is -0.981 e. The quantitative estimate of drug-likeness (QED) is 0.371. The summed E-state index contributed by atoms with van der Waals surface area (Å²) in [7, 11) is 0. The molecule has 2 aromatic carbocycles. The standard InChI is InChI=1S/2C10H9NO.2Al.O/c2*1-7-5-6-8-3-2-4-9(12)10(8)11-7;;;/h2*2-6,12H,1H3;;;/p-2. The van der Waals surface area contributed by atoms with E-state index in [1.807, 2.05) is 74.5 Å². The summed E-state index contributed by atoms with van der Waals surface area (Å²) in [5.74, 6) is 1.49. The highest BCUT2D eigenvalue weighted by molar-refractivity contribution is 6.35. The average Bonchev–Trinajstić information content (AvgIpc) is 2.68. The highest BCUT2D eigenvalue weighted by Gasteiger charge is 2.00. The third kappa shape index (κ3) is 4.25. The fourth-order valence-corrected chi connectivity index (χ4v) is 4.02. The highest BCUT2D eigenvalue weighted by atomic mass is 27.3. The van der Waals surface area contributed by atoms with E-state index in [1.165, 1.54) is 0 Å². The maximum Gasteiger partial charge on any atom is 0.175 e. The molecular formula is C20H16Al2N2O3-2. The summed E-state index contributed by atoms with van der Waals surface area (Å²) in [6, 6.07) is 19.9. The van der Waals surface area contributed by atoms with E-state index in [2.05, 4.69) is 9.97 Å². The molecule has 4 radical (unpaired) electrons. The molecule has 0 saturated carbocycles. The van der Waals surface area contributed by atoms with Gasteiger partial charge in [-0.1, -0.05) is 36.4 Å². The molecule has 0 N–H and O–H groups in total. The molecule has 27 heavy (non-hydrogen) atoms. The zero-order valence-electron chi connectivity index (χ0n) is 15.0. The van der Waals surface area contributed by atoms with Crippen molar-refractivity contribution < 1.29 is 10.4 Å². The molecule has 2 aromatic heterocycles. The second kappa shape index (κ2) is 8.27. The molecule has 0 spiro atoms. The predicted molar refractivity (Wildman–Crippen MR) is 107 cm³/mol. The van der Waals surface area contributed by atoms with Crippen molar-refractivity contribution in [2.24, 2.45) is 0 Å². The van der Waals surface area contributed by atoms with Gasteiger partial charge in [-0.2, -0.15) is 0 Å².